The summed E-state index contributed by atoms with van der Waals surface area (Å²) in [6, 6.07) is 4.18. The highest BCUT2D eigenvalue weighted by atomic mass is 19.4. The SMILES string of the molecule is O=C(O)c1coc(Nc2cccc(C(F)(F)F)c2)n1. The Bertz CT molecular complexity index is 607. The molecular formula is C11H7F3N2O3. The Hall–Kier alpha value is -2.51. The summed E-state index contributed by atoms with van der Waals surface area (Å²) in [4.78, 5) is 14.1. The van der Waals surface area contributed by atoms with Crippen molar-refractivity contribution in [3.05, 3.63) is 41.8 Å². The van der Waals surface area contributed by atoms with Crippen LogP contribution in [0.4, 0.5) is 24.9 Å². The number of hydrogen-bond donors (Lipinski definition) is 2. The average molecular weight is 272 g/mol. The molecule has 1 aromatic carbocycles. The van der Waals surface area contributed by atoms with Crippen LogP contribution in [0.5, 0.6) is 0 Å². The molecule has 0 saturated heterocycles. The summed E-state index contributed by atoms with van der Waals surface area (Å²) in [7, 11) is 0. The summed E-state index contributed by atoms with van der Waals surface area (Å²) in [6.07, 6.45) is -3.57. The van der Waals surface area contributed by atoms with E-state index in [0.29, 0.717) is 0 Å². The Kier molecular flexibility index (Phi) is 3.16. The monoisotopic (exact) mass is 272 g/mol. The van der Waals surface area contributed by atoms with Crippen molar-refractivity contribution in [2.45, 2.75) is 6.18 Å². The van der Waals surface area contributed by atoms with Gasteiger partial charge in [0, 0.05) is 5.69 Å². The number of nitrogens with zero attached hydrogens (tertiary/aromatic N) is 1. The van der Waals surface area contributed by atoms with Crippen LogP contribution in [0, 0.1) is 0 Å². The van der Waals surface area contributed by atoms with Gasteiger partial charge >= 0.3 is 12.1 Å². The second-order valence-corrected chi connectivity index (χ2v) is 3.55. The van der Waals surface area contributed by atoms with E-state index in [1.54, 1.807) is 0 Å². The summed E-state index contributed by atoms with van der Waals surface area (Å²) in [5, 5.41) is 11.1. The molecule has 0 saturated carbocycles. The van der Waals surface area contributed by atoms with Gasteiger partial charge in [0.25, 0.3) is 6.01 Å². The maximum absolute atomic E-state index is 12.5. The Balaban J connectivity index is 2.21. The molecule has 0 bridgehead atoms. The molecule has 5 nitrogen and oxygen atoms in total. The van der Waals surface area contributed by atoms with Gasteiger partial charge in [0.2, 0.25) is 0 Å². The summed E-state index contributed by atoms with van der Waals surface area (Å²) in [5.41, 5.74) is -1.08. The molecule has 0 radical (unpaired) electrons. The summed E-state index contributed by atoms with van der Waals surface area (Å²) < 4.78 is 42.2. The molecule has 0 fully saturated rings. The second kappa shape index (κ2) is 4.63. The number of oxazole rings is 1. The van der Waals surface area contributed by atoms with Crippen LogP contribution in [-0.2, 0) is 6.18 Å². The van der Waals surface area contributed by atoms with Crippen molar-refractivity contribution in [2.75, 3.05) is 5.32 Å². The van der Waals surface area contributed by atoms with E-state index < -0.39 is 17.7 Å². The number of aromatic carboxylic acids is 1. The standard InChI is InChI=1S/C11H7F3N2O3/c12-11(13,14)6-2-1-3-7(4-6)15-10-16-8(5-19-10)9(17)18/h1-5H,(H,15,16)(H,17,18). The largest absolute Gasteiger partial charge is 0.476 e. The fourth-order valence-corrected chi connectivity index (χ4v) is 1.33. The third-order valence-electron chi connectivity index (χ3n) is 2.16. The van der Waals surface area contributed by atoms with Gasteiger partial charge in [-0.15, -0.1) is 0 Å². The summed E-state index contributed by atoms with van der Waals surface area (Å²) in [6.45, 7) is 0. The van der Waals surface area contributed by atoms with Crippen LogP contribution in [0.2, 0.25) is 0 Å². The lowest BCUT2D eigenvalue weighted by Gasteiger charge is -2.08. The number of carboxylic acid groups (broad SMARTS) is 1. The molecule has 19 heavy (non-hydrogen) atoms. The molecule has 2 aromatic rings. The first-order valence-electron chi connectivity index (χ1n) is 4.99. The van der Waals surface area contributed by atoms with E-state index in [1.165, 1.54) is 12.1 Å². The second-order valence-electron chi connectivity index (χ2n) is 3.55. The zero-order valence-corrected chi connectivity index (χ0v) is 9.23. The lowest BCUT2D eigenvalue weighted by Crippen LogP contribution is -2.05. The molecule has 100 valence electrons. The Morgan fingerprint density at radius 1 is 1.37 bits per heavy atom. The van der Waals surface area contributed by atoms with Gasteiger partial charge in [0.15, 0.2) is 5.69 Å². The molecule has 0 amide bonds. The van der Waals surface area contributed by atoms with Crippen LogP contribution < -0.4 is 5.32 Å². The van der Waals surface area contributed by atoms with Gasteiger partial charge < -0.3 is 14.8 Å². The van der Waals surface area contributed by atoms with Crippen molar-refractivity contribution in [2.24, 2.45) is 0 Å². The number of benzene rings is 1. The van der Waals surface area contributed by atoms with E-state index >= 15 is 0 Å². The van der Waals surface area contributed by atoms with Crippen LogP contribution in [0.25, 0.3) is 0 Å². The van der Waals surface area contributed by atoms with Crippen molar-refractivity contribution in [3.8, 4) is 0 Å². The third kappa shape index (κ3) is 3.03. The average Bonchev–Trinajstić information content (AvgIpc) is 2.77. The third-order valence-corrected chi connectivity index (χ3v) is 2.16. The number of rotatable bonds is 3. The zero-order valence-electron chi connectivity index (χ0n) is 9.23. The van der Waals surface area contributed by atoms with E-state index in [2.05, 4.69) is 10.3 Å². The van der Waals surface area contributed by atoms with Gasteiger partial charge in [-0.25, -0.2) is 4.79 Å². The maximum Gasteiger partial charge on any atom is 0.416 e. The molecular weight excluding hydrogens is 265 g/mol. The number of nitrogens with one attached hydrogen (secondary N) is 1. The molecule has 8 heteroatoms. The minimum absolute atomic E-state index is 0.0913. The minimum Gasteiger partial charge on any atom is -0.476 e. The van der Waals surface area contributed by atoms with E-state index in [1.807, 2.05) is 0 Å². The number of alkyl halides is 3. The van der Waals surface area contributed by atoms with Gasteiger partial charge in [0.05, 0.1) is 5.56 Å². The molecule has 0 aliphatic carbocycles. The first-order chi connectivity index (χ1) is 8.86. The van der Waals surface area contributed by atoms with E-state index in [0.717, 1.165) is 18.4 Å². The Morgan fingerprint density at radius 2 is 2.11 bits per heavy atom. The van der Waals surface area contributed by atoms with Crippen LogP contribution in [0.3, 0.4) is 0 Å². The topological polar surface area (TPSA) is 75.4 Å². The number of halogens is 3. The first-order valence-corrected chi connectivity index (χ1v) is 4.99. The van der Waals surface area contributed by atoms with Crippen molar-refractivity contribution < 1.29 is 27.5 Å². The molecule has 1 heterocycles. The Morgan fingerprint density at radius 3 is 2.68 bits per heavy atom. The molecule has 0 aliphatic rings. The highest BCUT2D eigenvalue weighted by Crippen LogP contribution is 2.31. The zero-order chi connectivity index (χ0) is 14.0. The molecule has 0 aliphatic heterocycles. The number of carbonyl (C=O) groups is 1. The minimum atomic E-state index is -4.46. The summed E-state index contributed by atoms with van der Waals surface area (Å²) in [5.74, 6) is -1.29. The number of hydrogen-bond acceptors (Lipinski definition) is 4. The van der Waals surface area contributed by atoms with Crippen LogP contribution >= 0.6 is 0 Å². The number of anilines is 2. The highest BCUT2D eigenvalue weighted by molar-refractivity contribution is 5.85. The maximum atomic E-state index is 12.5. The predicted molar refractivity (Wildman–Crippen MR) is 58.2 cm³/mol. The van der Waals surface area contributed by atoms with Gasteiger partial charge in [0.1, 0.15) is 6.26 Å². The highest BCUT2D eigenvalue weighted by Gasteiger charge is 2.30. The molecule has 2 rings (SSSR count). The molecule has 1 aromatic heterocycles. The molecule has 0 unspecified atom stereocenters. The fourth-order valence-electron chi connectivity index (χ4n) is 1.33. The predicted octanol–water partition coefficient (Wildman–Crippen LogP) is 3.14. The lowest BCUT2D eigenvalue weighted by atomic mass is 10.2. The van der Waals surface area contributed by atoms with Crippen molar-refractivity contribution in [1.82, 2.24) is 4.98 Å². The summed E-state index contributed by atoms with van der Waals surface area (Å²) >= 11 is 0. The van der Waals surface area contributed by atoms with Gasteiger partial charge in [-0.1, -0.05) is 6.07 Å². The first kappa shape index (κ1) is 12.9. The lowest BCUT2D eigenvalue weighted by molar-refractivity contribution is -0.137. The smallest absolute Gasteiger partial charge is 0.416 e. The van der Waals surface area contributed by atoms with E-state index in [-0.39, 0.29) is 17.4 Å². The molecule has 0 atom stereocenters. The number of carboxylic acids is 1. The van der Waals surface area contributed by atoms with Gasteiger partial charge in [-0.2, -0.15) is 18.2 Å². The molecule has 0 spiro atoms. The fraction of sp³-hybridized carbons (Fsp3) is 0.0909. The van der Waals surface area contributed by atoms with Crippen molar-refractivity contribution >= 4 is 17.7 Å². The normalized spacial score (nSPS) is 11.3. The van der Waals surface area contributed by atoms with Crippen LogP contribution in [-0.4, -0.2) is 16.1 Å². The Labute approximate surface area is 104 Å². The van der Waals surface area contributed by atoms with E-state index in [4.69, 9.17) is 9.52 Å². The van der Waals surface area contributed by atoms with Crippen molar-refractivity contribution in [1.29, 1.82) is 0 Å². The van der Waals surface area contributed by atoms with Crippen LogP contribution in [0.1, 0.15) is 16.1 Å². The van der Waals surface area contributed by atoms with E-state index in [9.17, 15) is 18.0 Å². The quantitative estimate of drug-likeness (QED) is 0.897. The van der Waals surface area contributed by atoms with Crippen LogP contribution in [0.15, 0.2) is 34.9 Å². The van der Waals surface area contributed by atoms with Gasteiger partial charge in [-0.3, -0.25) is 0 Å². The number of aromatic nitrogens is 1. The van der Waals surface area contributed by atoms with Gasteiger partial charge in [-0.05, 0) is 18.2 Å². The molecule has 2 N–H and O–H groups in total. The van der Waals surface area contributed by atoms with Crippen molar-refractivity contribution in [3.63, 3.8) is 0 Å².